The van der Waals surface area contributed by atoms with Crippen LogP contribution in [0, 0.1) is 5.41 Å². The van der Waals surface area contributed by atoms with E-state index in [1.165, 1.54) is 0 Å². The summed E-state index contributed by atoms with van der Waals surface area (Å²) in [6.07, 6.45) is 0. The average molecular weight is 329 g/mol. The highest BCUT2D eigenvalue weighted by Crippen LogP contribution is 2.22. The van der Waals surface area contributed by atoms with Gasteiger partial charge in [-0.15, -0.1) is 0 Å². The van der Waals surface area contributed by atoms with Crippen molar-refractivity contribution in [1.82, 2.24) is 5.32 Å². The molecule has 5 nitrogen and oxygen atoms in total. The second-order valence-electron chi connectivity index (χ2n) is 5.22. The van der Waals surface area contributed by atoms with Crippen molar-refractivity contribution < 1.29 is 14.7 Å². The van der Waals surface area contributed by atoms with Crippen LogP contribution in [-0.2, 0) is 4.79 Å². The maximum atomic E-state index is 11.8. The molecule has 0 saturated carbocycles. The number of para-hydroxylation sites is 1. The molecule has 0 bridgehead atoms. The number of urea groups is 1. The van der Waals surface area contributed by atoms with Gasteiger partial charge in [0, 0.05) is 4.47 Å². The Morgan fingerprint density at radius 1 is 1.26 bits per heavy atom. The van der Waals surface area contributed by atoms with E-state index in [9.17, 15) is 9.59 Å². The first kappa shape index (κ1) is 15.5. The Morgan fingerprint density at radius 3 is 2.32 bits per heavy atom. The van der Waals surface area contributed by atoms with Crippen molar-refractivity contribution in [3.63, 3.8) is 0 Å². The van der Waals surface area contributed by atoms with Crippen LogP contribution in [0.1, 0.15) is 20.8 Å². The Hall–Kier alpha value is -1.56. The topological polar surface area (TPSA) is 78.4 Å². The lowest BCUT2D eigenvalue weighted by Crippen LogP contribution is -2.50. The number of hydrogen-bond acceptors (Lipinski definition) is 2. The Morgan fingerprint density at radius 2 is 1.84 bits per heavy atom. The van der Waals surface area contributed by atoms with Gasteiger partial charge < -0.3 is 15.7 Å². The van der Waals surface area contributed by atoms with E-state index in [0.717, 1.165) is 4.47 Å². The number of carboxylic acids is 1. The van der Waals surface area contributed by atoms with E-state index < -0.39 is 23.5 Å². The summed E-state index contributed by atoms with van der Waals surface area (Å²) in [7, 11) is 0. The molecule has 1 aromatic rings. The first-order valence-corrected chi connectivity index (χ1v) is 6.56. The number of carbonyl (C=O) groups is 2. The summed E-state index contributed by atoms with van der Waals surface area (Å²) in [5, 5.41) is 14.2. The van der Waals surface area contributed by atoms with Gasteiger partial charge in [0.15, 0.2) is 0 Å². The third-order valence-electron chi connectivity index (χ3n) is 2.51. The zero-order chi connectivity index (χ0) is 14.6. The summed E-state index contributed by atoms with van der Waals surface area (Å²) in [5.41, 5.74) is 0.00920. The molecule has 0 fully saturated rings. The van der Waals surface area contributed by atoms with Crippen molar-refractivity contribution in [2.75, 3.05) is 5.32 Å². The molecule has 0 heterocycles. The minimum atomic E-state index is -1.06. The lowest BCUT2D eigenvalue weighted by Gasteiger charge is -2.27. The van der Waals surface area contributed by atoms with E-state index in [1.807, 2.05) is 6.07 Å². The fourth-order valence-corrected chi connectivity index (χ4v) is 1.88. The van der Waals surface area contributed by atoms with Gasteiger partial charge in [-0.2, -0.15) is 0 Å². The van der Waals surface area contributed by atoms with E-state index in [1.54, 1.807) is 39.0 Å². The largest absolute Gasteiger partial charge is 0.480 e. The number of benzene rings is 1. The van der Waals surface area contributed by atoms with Crippen molar-refractivity contribution >= 4 is 33.6 Å². The Kier molecular flexibility index (Phi) is 4.94. The molecule has 0 aromatic heterocycles. The van der Waals surface area contributed by atoms with Crippen molar-refractivity contribution in [3.05, 3.63) is 28.7 Å². The lowest BCUT2D eigenvalue weighted by molar-refractivity contribution is -0.141. The van der Waals surface area contributed by atoms with Crippen LogP contribution in [-0.4, -0.2) is 23.1 Å². The Labute approximate surface area is 120 Å². The van der Waals surface area contributed by atoms with Crippen LogP contribution < -0.4 is 10.6 Å². The molecule has 0 radical (unpaired) electrons. The van der Waals surface area contributed by atoms with Gasteiger partial charge in [-0.1, -0.05) is 32.9 Å². The molecule has 0 unspecified atom stereocenters. The average Bonchev–Trinajstić information content (AvgIpc) is 2.27. The van der Waals surface area contributed by atoms with Crippen LogP contribution in [0.2, 0.25) is 0 Å². The molecule has 2 amide bonds. The minimum Gasteiger partial charge on any atom is -0.480 e. The van der Waals surface area contributed by atoms with Gasteiger partial charge in [0.25, 0.3) is 0 Å². The number of hydrogen-bond donors (Lipinski definition) is 3. The third-order valence-corrected chi connectivity index (χ3v) is 3.20. The van der Waals surface area contributed by atoms with Gasteiger partial charge in [-0.25, -0.2) is 9.59 Å². The molecule has 104 valence electrons. The minimum absolute atomic E-state index is 0.547. The highest BCUT2D eigenvalue weighted by molar-refractivity contribution is 9.10. The van der Waals surface area contributed by atoms with Crippen molar-refractivity contribution in [2.45, 2.75) is 26.8 Å². The number of amides is 2. The molecule has 0 saturated heterocycles. The summed E-state index contributed by atoms with van der Waals surface area (Å²) in [6, 6.07) is 5.59. The Balaban J connectivity index is 2.75. The van der Waals surface area contributed by atoms with Crippen LogP contribution in [0.15, 0.2) is 28.7 Å². The predicted molar refractivity (Wildman–Crippen MR) is 77.2 cm³/mol. The zero-order valence-electron chi connectivity index (χ0n) is 11.0. The molecule has 0 aliphatic rings. The summed E-state index contributed by atoms with van der Waals surface area (Å²) >= 11 is 3.30. The smallest absolute Gasteiger partial charge is 0.326 e. The highest BCUT2D eigenvalue weighted by Gasteiger charge is 2.32. The lowest BCUT2D eigenvalue weighted by atomic mass is 9.87. The summed E-state index contributed by atoms with van der Waals surface area (Å²) in [4.78, 5) is 23.0. The number of carbonyl (C=O) groups excluding carboxylic acids is 1. The van der Waals surface area contributed by atoms with Crippen molar-refractivity contribution in [3.8, 4) is 0 Å². The fourth-order valence-electron chi connectivity index (χ4n) is 1.50. The second kappa shape index (κ2) is 6.06. The van der Waals surface area contributed by atoms with Gasteiger partial charge in [-0.05, 0) is 33.5 Å². The standard InChI is InChI=1S/C13H17BrN2O3/c1-13(2,3)10(11(17)18)16-12(19)15-9-7-5-4-6-8(9)14/h4-7,10H,1-3H3,(H,17,18)(H2,15,16,19)/t10-/m1/s1. The first-order chi connectivity index (χ1) is 8.71. The molecule has 3 N–H and O–H groups in total. The molecular weight excluding hydrogens is 312 g/mol. The number of anilines is 1. The Bertz CT molecular complexity index is 483. The van der Waals surface area contributed by atoms with E-state index in [4.69, 9.17) is 5.11 Å². The van der Waals surface area contributed by atoms with E-state index in [0.29, 0.717) is 5.69 Å². The molecule has 0 spiro atoms. The van der Waals surface area contributed by atoms with Gasteiger partial charge in [0.05, 0.1) is 5.69 Å². The number of aliphatic carboxylic acids is 1. The highest BCUT2D eigenvalue weighted by atomic mass is 79.9. The fraction of sp³-hybridized carbons (Fsp3) is 0.385. The second-order valence-corrected chi connectivity index (χ2v) is 6.07. The zero-order valence-corrected chi connectivity index (χ0v) is 12.6. The molecule has 1 rings (SSSR count). The van der Waals surface area contributed by atoms with Gasteiger partial charge in [-0.3, -0.25) is 0 Å². The molecule has 6 heteroatoms. The number of nitrogens with one attached hydrogen (secondary N) is 2. The van der Waals surface area contributed by atoms with Crippen LogP contribution in [0.5, 0.6) is 0 Å². The third kappa shape index (κ3) is 4.55. The first-order valence-electron chi connectivity index (χ1n) is 5.76. The molecule has 1 aromatic carbocycles. The van der Waals surface area contributed by atoms with Crippen molar-refractivity contribution in [2.24, 2.45) is 5.41 Å². The maximum absolute atomic E-state index is 11.8. The van der Waals surface area contributed by atoms with Crippen LogP contribution in [0.25, 0.3) is 0 Å². The van der Waals surface area contributed by atoms with Crippen LogP contribution in [0.4, 0.5) is 10.5 Å². The van der Waals surface area contributed by atoms with Gasteiger partial charge in [0.2, 0.25) is 0 Å². The quantitative estimate of drug-likeness (QED) is 0.797. The van der Waals surface area contributed by atoms with E-state index in [-0.39, 0.29) is 0 Å². The monoisotopic (exact) mass is 328 g/mol. The molecular formula is C13H17BrN2O3. The van der Waals surface area contributed by atoms with E-state index in [2.05, 4.69) is 26.6 Å². The number of halogens is 1. The molecule has 19 heavy (non-hydrogen) atoms. The van der Waals surface area contributed by atoms with Crippen LogP contribution >= 0.6 is 15.9 Å². The molecule has 0 aliphatic heterocycles. The van der Waals surface area contributed by atoms with Gasteiger partial charge >= 0.3 is 12.0 Å². The molecule has 1 atom stereocenters. The normalized spacial score (nSPS) is 12.6. The van der Waals surface area contributed by atoms with E-state index >= 15 is 0 Å². The summed E-state index contributed by atoms with van der Waals surface area (Å²) < 4.78 is 0.729. The number of rotatable bonds is 3. The maximum Gasteiger partial charge on any atom is 0.326 e. The summed E-state index contributed by atoms with van der Waals surface area (Å²) in [6.45, 7) is 5.26. The number of carboxylic acid groups (broad SMARTS) is 1. The van der Waals surface area contributed by atoms with Gasteiger partial charge in [0.1, 0.15) is 6.04 Å². The predicted octanol–water partition coefficient (Wildman–Crippen LogP) is 3.07. The molecule has 0 aliphatic carbocycles. The van der Waals surface area contributed by atoms with Crippen molar-refractivity contribution in [1.29, 1.82) is 0 Å². The SMILES string of the molecule is CC(C)(C)[C@H](NC(=O)Nc1ccccc1Br)C(=O)O. The summed E-state index contributed by atoms with van der Waals surface area (Å²) in [5.74, 6) is -1.06. The van der Waals surface area contributed by atoms with Crippen LogP contribution in [0.3, 0.4) is 0 Å².